The van der Waals surface area contributed by atoms with Crippen LogP contribution in [0.5, 0.6) is 0 Å². The van der Waals surface area contributed by atoms with Crippen molar-refractivity contribution in [2.24, 2.45) is 5.73 Å². The summed E-state index contributed by atoms with van der Waals surface area (Å²) in [4.78, 5) is 6.42. The maximum Gasteiger partial charge on any atom is 0.187 e. The van der Waals surface area contributed by atoms with Gasteiger partial charge in [-0.1, -0.05) is 41.9 Å². The second-order valence-electron chi connectivity index (χ2n) is 3.65. The Morgan fingerprint density at radius 1 is 1.29 bits per heavy atom. The standard InChI is InChI=1S/C12H14ClN3S/c13-11-9-17-12(15-11)16(7-6-14)8-10-4-2-1-3-5-10/h1-5,9H,6-8,14H2. The van der Waals surface area contributed by atoms with Crippen LogP contribution in [0.4, 0.5) is 5.13 Å². The lowest BCUT2D eigenvalue weighted by atomic mass is 10.2. The predicted octanol–water partition coefficient (Wildman–Crippen LogP) is 2.76. The highest BCUT2D eigenvalue weighted by Crippen LogP contribution is 2.24. The molecule has 0 aliphatic rings. The number of anilines is 1. The minimum absolute atomic E-state index is 0.542. The summed E-state index contributed by atoms with van der Waals surface area (Å²) in [5.41, 5.74) is 6.87. The topological polar surface area (TPSA) is 42.1 Å². The molecule has 0 aliphatic heterocycles. The van der Waals surface area contributed by atoms with E-state index < -0.39 is 0 Å². The van der Waals surface area contributed by atoms with Gasteiger partial charge in [0.1, 0.15) is 5.15 Å². The second-order valence-corrected chi connectivity index (χ2v) is 4.87. The number of hydrogen-bond donors (Lipinski definition) is 1. The molecule has 3 nitrogen and oxygen atoms in total. The molecule has 0 spiro atoms. The van der Waals surface area contributed by atoms with Crippen molar-refractivity contribution in [1.29, 1.82) is 0 Å². The molecule has 0 unspecified atom stereocenters. The van der Waals surface area contributed by atoms with Gasteiger partial charge in [-0.2, -0.15) is 0 Å². The van der Waals surface area contributed by atoms with Crippen molar-refractivity contribution < 1.29 is 0 Å². The zero-order chi connectivity index (χ0) is 12.1. The zero-order valence-corrected chi connectivity index (χ0v) is 10.9. The molecular weight excluding hydrogens is 254 g/mol. The second kappa shape index (κ2) is 6.00. The molecule has 0 saturated carbocycles. The summed E-state index contributed by atoms with van der Waals surface area (Å²) in [6.45, 7) is 2.19. The zero-order valence-electron chi connectivity index (χ0n) is 9.34. The van der Waals surface area contributed by atoms with E-state index in [4.69, 9.17) is 17.3 Å². The third-order valence-electron chi connectivity index (χ3n) is 2.35. The van der Waals surface area contributed by atoms with Gasteiger partial charge >= 0.3 is 0 Å². The lowest BCUT2D eigenvalue weighted by Crippen LogP contribution is -2.28. The third kappa shape index (κ3) is 3.43. The van der Waals surface area contributed by atoms with Gasteiger partial charge in [0.2, 0.25) is 0 Å². The number of halogens is 1. The molecule has 90 valence electrons. The highest BCUT2D eigenvalue weighted by Gasteiger charge is 2.10. The fraction of sp³-hybridized carbons (Fsp3) is 0.250. The van der Waals surface area contributed by atoms with Crippen LogP contribution in [0.3, 0.4) is 0 Å². The van der Waals surface area contributed by atoms with Gasteiger partial charge in [-0.15, -0.1) is 11.3 Å². The van der Waals surface area contributed by atoms with Crippen molar-refractivity contribution in [3.8, 4) is 0 Å². The first-order chi connectivity index (χ1) is 8.29. The number of nitrogens with two attached hydrogens (primary N) is 1. The van der Waals surface area contributed by atoms with Gasteiger partial charge < -0.3 is 10.6 Å². The van der Waals surface area contributed by atoms with Crippen LogP contribution in [0.2, 0.25) is 5.15 Å². The van der Waals surface area contributed by atoms with Crippen LogP contribution in [0.25, 0.3) is 0 Å². The quantitative estimate of drug-likeness (QED) is 0.906. The molecule has 0 aliphatic carbocycles. The average Bonchev–Trinajstić information content (AvgIpc) is 2.77. The van der Waals surface area contributed by atoms with E-state index in [-0.39, 0.29) is 0 Å². The molecule has 0 amide bonds. The first-order valence-electron chi connectivity index (χ1n) is 5.39. The molecule has 2 rings (SSSR count). The fourth-order valence-electron chi connectivity index (χ4n) is 1.59. The predicted molar refractivity (Wildman–Crippen MR) is 73.7 cm³/mol. The molecule has 0 saturated heterocycles. The molecule has 0 bridgehead atoms. The van der Waals surface area contributed by atoms with Crippen molar-refractivity contribution in [3.63, 3.8) is 0 Å². The Morgan fingerprint density at radius 2 is 2.06 bits per heavy atom. The van der Waals surface area contributed by atoms with Gasteiger partial charge in [-0.25, -0.2) is 4.98 Å². The molecule has 1 aromatic carbocycles. The largest absolute Gasteiger partial charge is 0.342 e. The molecule has 2 N–H and O–H groups in total. The molecule has 1 aromatic heterocycles. The van der Waals surface area contributed by atoms with Crippen molar-refractivity contribution in [1.82, 2.24) is 4.98 Å². The van der Waals surface area contributed by atoms with Crippen molar-refractivity contribution in [2.45, 2.75) is 6.54 Å². The Hall–Kier alpha value is -1.10. The lowest BCUT2D eigenvalue weighted by molar-refractivity contribution is 0.786. The molecule has 17 heavy (non-hydrogen) atoms. The van der Waals surface area contributed by atoms with Gasteiger partial charge in [0, 0.05) is 25.0 Å². The molecule has 5 heteroatoms. The van der Waals surface area contributed by atoms with Crippen LogP contribution in [0, 0.1) is 0 Å². The average molecular weight is 268 g/mol. The van der Waals surface area contributed by atoms with Gasteiger partial charge in [0.25, 0.3) is 0 Å². The summed E-state index contributed by atoms with van der Waals surface area (Å²) in [6, 6.07) is 10.3. The molecule has 0 radical (unpaired) electrons. The van der Waals surface area contributed by atoms with Crippen molar-refractivity contribution in [3.05, 3.63) is 46.4 Å². The summed E-state index contributed by atoms with van der Waals surface area (Å²) in [7, 11) is 0. The monoisotopic (exact) mass is 267 g/mol. The van der Waals surface area contributed by atoms with E-state index in [0.717, 1.165) is 18.2 Å². The van der Waals surface area contributed by atoms with Gasteiger partial charge in [0.15, 0.2) is 5.13 Å². The van der Waals surface area contributed by atoms with E-state index in [1.165, 1.54) is 5.56 Å². The number of benzene rings is 1. The van der Waals surface area contributed by atoms with E-state index in [1.54, 1.807) is 11.3 Å². The van der Waals surface area contributed by atoms with Crippen LogP contribution in [0.1, 0.15) is 5.56 Å². The molecule has 1 heterocycles. The number of nitrogens with zero attached hydrogens (tertiary/aromatic N) is 2. The fourth-order valence-corrected chi connectivity index (χ4v) is 2.57. The van der Waals surface area contributed by atoms with Crippen LogP contribution in [-0.2, 0) is 6.54 Å². The summed E-state index contributed by atoms with van der Waals surface area (Å²) in [5, 5.41) is 3.30. The van der Waals surface area contributed by atoms with Gasteiger partial charge in [-0.05, 0) is 5.56 Å². The highest BCUT2D eigenvalue weighted by molar-refractivity contribution is 7.14. The van der Waals surface area contributed by atoms with E-state index in [0.29, 0.717) is 11.7 Å². The number of hydrogen-bond acceptors (Lipinski definition) is 4. The number of rotatable bonds is 5. The van der Waals surface area contributed by atoms with E-state index >= 15 is 0 Å². The summed E-state index contributed by atoms with van der Waals surface area (Å²) in [6.07, 6.45) is 0. The normalized spacial score (nSPS) is 10.5. The van der Waals surface area contributed by atoms with Crippen LogP contribution in [-0.4, -0.2) is 18.1 Å². The van der Waals surface area contributed by atoms with Crippen molar-refractivity contribution in [2.75, 3.05) is 18.0 Å². The maximum absolute atomic E-state index is 5.85. The molecular formula is C12H14ClN3S. The Balaban J connectivity index is 2.13. The highest BCUT2D eigenvalue weighted by atomic mass is 35.5. The number of aromatic nitrogens is 1. The van der Waals surface area contributed by atoms with E-state index in [2.05, 4.69) is 22.0 Å². The van der Waals surface area contributed by atoms with Crippen LogP contribution < -0.4 is 10.6 Å². The van der Waals surface area contributed by atoms with E-state index in [1.807, 2.05) is 23.6 Å². The van der Waals surface area contributed by atoms with E-state index in [9.17, 15) is 0 Å². The van der Waals surface area contributed by atoms with Gasteiger partial charge in [-0.3, -0.25) is 0 Å². The number of thiazole rings is 1. The first-order valence-corrected chi connectivity index (χ1v) is 6.65. The SMILES string of the molecule is NCCN(Cc1ccccc1)c1nc(Cl)cs1. The third-order valence-corrected chi connectivity index (χ3v) is 3.57. The summed E-state index contributed by atoms with van der Waals surface area (Å²) < 4.78 is 0. The minimum Gasteiger partial charge on any atom is -0.342 e. The van der Waals surface area contributed by atoms with Crippen LogP contribution in [0.15, 0.2) is 35.7 Å². The Morgan fingerprint density at radius 3 is 2.65 bits per heavy atom. The van der Waals surface area contributed by atoms with Crippen LogP contribution >= 0.6 is 22.9 Å². The summed E-state index contributed by atoms with van der Waals surface area (Å²) >= 11 is 7.39. The Bertz CT molecular complexity index is 458. The molecule has 2 aromatic rings. The lowest BCUT2D eigenvalue weighted by Gasteiger charge is -2.20. The molecule has 0 fully saturated rings. The Labute approximate surface area is 110 Å². The minimum atomic E-state index is 0.542. The smallest absolute Gasteiger partial charge is 0.187 e. The van der Waals surface area contributed by atoms with Gasteiger partial charge in [0.05, 0.1) is 0 Å². The molecule has 0 atom stereocenters. The van der Waals surface area contributed by atoms with Crippen molar-refractivity contribution >= 4 is 28.1 Å². The Kier molecular flexibility index (Phi) is 4.36. The first kappa shape index (κ1) is 12.4. The maximum atomic E-state index is 5.85. The summed E-state index contributed by atoms with van der Waals surface area (Å²) in [5.74, 6) is 0.